The standard InChI is InChI=1S/C28H32N2O6/c1-19(30-27(32)25-26(31)24(34-3)14-15-29-25)28(33)36-20(2)23(16-21-10-6-4-7-11-21)18-35-17-22-12-8-5-9-13-22/h4-15,19-20,23,31H,16-18H2,1-3H3,(H,30,32)/t19-,20-,23+/m0/s1. The predicted molar refractivity (Wildman–Crippen MR) is 135 cm³/mol. The second-order valence-electron chi connectivity index (χ2n) is 8.50. The highest BCUT2D eigenvalue weighted by Crippen LogP contribution is 2.27. The van der Waals surface area contributed by atoms with Crippen LogP contribution in [0.2, 0.25) is 0 Å². The van der Waals surface area contributed by atoms with Crippen molar-refractivity contribution in [3.63, 3.8) is 0 Å². The number of nitrogens with one attached hydrogen (secondary N) is 1. The number of hydrogen-bond donors (Lipinski definition) is 2. The number of hydrogen-bond acceptors (Lipinski definition) is 7. The quantitative estimate of drug-likeness (QED) is 0.369. The van der Waals surface area contributed by atoms with Gasteiger partial charge in [0.2, 0.25) is 0 Å². The van der Waals surface area contributed by atoms with E-state index in [9.17, 15) is 14.7 Å². The van der Waals surface area contributed by atoms with Crippen LogP contribution in [0.25, 0.3) is 0 Å². The third-order valence-corrected chi connectivity index (χ3v) is 5.77. The molecule has 190 valence electrons. The highest BCUT2D eigenvalue weighted by atomic mass is 16.5. The van der Waals surface area contributed by atoms with E-state index in [2.05, 4.69) is 10.3 Å². The fourth-order valence-corrected chi connectivity index (χ4v) is 3.65. The van der Waals surface area contributed by atoms with Gasteiger partial charge in [0.15, 0.2) is 17.2 Å². The zero-order chi connectivity index (χ0) is 25.9. The molecule has 0 spiro atoms. The average Bonchev–Trinajstić information content (AvgIpc) is 2.89. The summed E-state index contributed by atoms with van der Waals surface area (Å²) in [6.07, 6.45) is 1.52. The highest BCUT2D eigenvalue weighted by molar-refractivity contribution is 5.97. The lowest BCUT2D eigenvalue weighted by Crippen LogP contribution is -2.42. The molecule has 2 N–H and O–H groups in total. The molecule has 8 heteroatoms. The Kier molecular flexibility index (Phi) is 9.82. The van der Waals surface area contributed by atoms with Crippen LogP contribution in [-0.2, 0) is 27.3 Å². The minimum absolute atomic E-state index is 0.105. The van der Waals surface area contributed by atoms with Gasteiger partial charge in [-0.2, -0.15) is 0 Å². The van der Waals surface area contributed by atoms with Crippen molar-refractivity contribution in [1.29, 1.82) is 0 Å². The third-order valence-electron chi connectivity index (χ3n) is 5.77. The van der Waals surface area contributed by atoms with Gasteiger partial charge >= 0.3 is 5.97 Å². The average molecular weight is 493 g/mol. The number of aromatic nitrogens is 1. The number of rotatable bonds is 12. The van der Waals surface area contributed by atoms with Crippen molar-refractivity contribution in [2.24, 2.45) is 5.92 Å². The molecule has 0 bridgehead atoms. The lowest BCUT2D eigenvalue weighted by molar-refractivity contribution is -0.154. The van der Waals surface area contributed by atoms with E-state index in [1.54, 1.807) is 0 Å². The van der Waals surface area contributed by atoms with Crippen molar-refractivity contribution in [3.05, 3.63) is 89.7 Å². The molecule has 3 rings (SSSR count). The lowest BCUT2D eigenvalue weighted by Gasteiger charge is -2.26. The van der Waals surface area contributed by atoms with Gasteiger partial charge in [-0.3, -0.25) is 4.79 Å². The van der Waals surface area contributed by atoms with Gasteiger partial charge in [-0.25, -0.2) is 9.78 Å². The molecular formula is C28H32N2O6. The van der Waals surface area contributed by atoms with Crippen molar-refractivity contribution in [1.82, 2.24) is 10.3 Å². The molecule has 0 saturated heterocycles. The zero-order valence-corrected chi connectivity index (χ0v) is 20.7. The Bertz CT molecular complexity index is 1120. The zero-order valence-electron chi connectivity index (χ0n) is 20.7. The van der Waals surface area contributed by atoms with Gasteiger partial charge in [-0.15, -0.1) is 0 Å². The van der Waals surface area contributed by atoms with Gasteiger partial charge in [0, 0.05) is 18.2 Å². The van der Waals surface area contributed by atoms with Crippen molar-refractivity contribution >= 4 is 11.9 Å². The fraction of sp³-hybridized carbons (Fsp3) is 0.321. The van der Waals surface area contributed by atoms with E-state index in [-0.39, 0.29) is 17.4 Å². The van der Waals surface area contributed by atoms with E-state index in [4.69, 9.17) is 14.2 Å². The summed E-state index contributed by atoms with van der Waals surface area (Å²) in [7, 11) is 1.37. The first-order valence-corrected chi connectivity index (χ1v) is 11.8. The Balaban J connectivity index is 1.61. The summed E-state index contributed by atoms with van der Waals surface area (Å²) in [6.45, 7) is 4.18. The van der Waals surface area contributed by atoms with Gasteiger partial charge < -0.3 is 24.6 Å². The molecule has 3 atom stereocenters. The SMILES string of the molecule is COc1ccnc(C(=O)N[C@@H](C)C(=O)O[C@@H](C)[C@@H](COCc2ccccc2)Cc2ccccc2)c1O. The number of carbonyl (C=O) groups excluding carboxylic acids is 2. The van der Waals surface area contributed by atoms with Crippen LogP contribution in [0.3, 0.4) is 0 Å². The molecule has 3 aromatic rings. The lowest BCUT2D eigenvalue weighted by atomic mass is 9.95. The number of amides is 1. The van der Waals surface area contributed by atoms with Gasteiger partial charge in [0.05, 0.1) is 20.3 Å². The van der Waals surface area contributed by atoms with Crippen molar-refractivity contribution in [2.45, 2.75) is 39.0 Å². The molecular weight excluding hydrogens is 460 g/mol. The van der Waals surface area contributed by atoms with Crippen molar-refractivity contribution < 1.29 is 28.9 Å². The topological polar surface area (TPSA) is 107 Å². The molecule has 0 saturated carbocycles. The van der Waals surface area contributed by atoms with Crippen LogP contribution in [0.1, 0.15) is 35.5 Å². The summed E-state index contributed by atoms with van der Waals surface area (Å²) in [5.41, 5.74) is 1.93. The Morgan fingerprint density at radius 2 is 1.61 bits per heavy atom. The number of ether oxygens (including phenoxy) is 3. The number of esters is 1. The molecule has 0 unspecified atom stereocenters. The Morgan fingerprint density at radius 3 is 2.25 bits per heavy atom. The van der Waals surface area contributed by atoms with Crippen LogP contribution in [0.15, 0.2) is 72.9 Å². The van der Waals surface area contributed by atoms with E-state index in [0.717, 1.165) is 11.1 Å². The second-order valence-corrected chi connectivity index (χ2v) is 8.50. The Hall–Kier alpha value is -3.91. The fourth-order valence-electron chi connectivity index (χ4n) is 3.65. The van der Waals surface area contributed by atoms with Crippen LogP contribution < -0.4 is 10.1 Å². The molecule has 2 aromatic carbocycles. The van der Waals surface area contributed by atoms with E-state index < -0.39 is 29.8 Å². The van der Waals surface area contributed by atoms with Crippen molar-refractivity contribution in [2.75, 3.05) is 13.7 Å². The van der Waals surface area contributed by atoms with E-state index in [0.29, 0.717) is 19.6 Å². The molecule has 1 heterocycles. The largest absolute Gasteiger partial charge is 0.503 e. The molecule has 1 aromatic heterocycles. The van der Waals surface area contributed by atoms with Crippen molar-refractivity contribution in [3.8, 4) is 11.5 Å². The summed E-state index contributed by atoms with van der Waals surface area (Å²) in [5, 5.41) is 12.7. The van der Waals surface area contributed by atoms with Crippen LogP contribution in [0.4, 0.5) is 0 Å². The van der Waals surface area contributed by atoms with Crippen LogP contribution >= 0.6 is 0 Å². The highest BCUT2D eigenvalue weighted by Gasteiger charge is 2.27. The predicted octanol–water partition coefficient (Wildman–Crippen LogP) is 3.92. The second kappa shape index (κ2) is 13.3. The molecule has 0 aliphatic rings. The summed E-state index contributed by atoms with van der Waals surface area (Å²) >= 11 is 0. The van der Waals surface area contributed by atoms with E-state index in [1.165, 1.54) is 26.3 Å². The molecule has 0 aliphatic carbocycles. The maximum atomic E-state index is 12.8. The summed E-state index contributed by atoms with van der Waals surface area (Å²) in [4.78, 5) is 29.2. The number of carbonyl (C=O) groups is 2. The molecule has 8 nitrogen and oxygen atoms in total. The summed E-state index contributed by atoms with van der Waals surface area (Å²) < 4.78 is 16.7. The van der Waals surface area contributed by atoms with E-state index >= 15 is 0 Å². The molecule has 0 fully saturated rings. The molecule has 36 heavy (non-hydrogen) atoms. The number of benzene rings is 2. The summed E-state index contributed by atoms with van der Waals surface area (Å²) in [5.74, 6) is -1.70. The first-order chi connectivity index (χ1) is 17.4. The molecule has 0 aliphatic heterocycles. The number of methoxy groups -OCH3 is 1. The van der Waals surface area contributed by atoms with Gasteiger partial charge in [-0.1, -0.05) is 60.7 Å². The normalized spacial score (nSPS) is 13.3. The number of aromatic hydroxyl groups is 1. The van der Waals surface area contributed by atoms with Gasteiger partial charge in [0.1, 0.15) is 12.1 Å². The maximum absolute atomic E-state index is 12.8. The van der Waals surface area contributed by atoms with Gasteiger partial charge in [-0.05, 0) is 31.4 Å². The smallest absolute Gasteiger partial charge is 0.328 e. The van der Waals surface area contributed by atoms with Crippen LogP contribution in [0.5, 0.6) is 11.5 Å². The minimum Gasteiger partial charge on any atom is -0.503 e. The van der Waals surface area contributed by atoms with Crippen LogP contribution in [0, 0.1) is 5.92 Å². The number of nitrogens with zero attached hydrogens (tertiary/aromatic N) is 1. The molecule has 1 amide bonds. The maximum Gasteiger partial charge on any atom is 0.328 e. The van der Waals surface area contributed by atoms with E-state index in [1.807, 2.05) is 67.6 Å². The molecule has 0 radical (unpaired) electrons. The Morgan fingerprint density at radius 1 is 0.972 bits per heavy atom. The third kappa shape index (κ3) is 7.55. The summed E-state index contributed by atoms with van der Waals surface area (Å²) in [6, 6.07) is 20.3. The van der Waals surface area contributed by atoms with Gasteiger partial charge in [0.25, 0.3) is 5.91 Å². The first kappa shape index (κ1) is 26.7. The number of pyridine rings is 1. The van der Waals surface area contributed by atoms with Crippen LogP contribution in [-0.4, -0.2) is 47.8 Å². The monoisotopic (exact) mass is 492 g/mol. The first-order valence-electron chi connectivity index (χ1n) is 11.8. The Labute approximate surface area is 211 Å². The minimum atomic E-state index is -0.963.